The minimum Gasteiger partial charge on any atom is -0.379 e. The SMILES string of the molecule is O=C1Nc2cn(CCN3CCOCC3)nc2C(=O)NCCCCCc2cc(ccn2)-c2nc1cs2. The number of hydrogen-bond acceptors (Lipinski definition) is 8. The maximum absolute atomic E-state index is 13.0. The molecule has 184 valence electrons. The van der Waals surface area contributed by atoms with Crippen LogP contribution < -0.4 is 10.6 Å². The molecule has 2 amide bonds. The molecule has 5 rings (SSSR count). The minimum absolute atomic E-state index is 0.218. The largest absolute Gasteiger partial charge is 0.379 e. The summed E-state index contributed by atoms with van der Waals surface area (Å²) in [6.45, 7) is 5.17. The molecule has 0 aliphatic carbocycles. The Morgan fingerprint density at radius 1 is 1.09 bits per heavy atom. The molecule has 2 N–H and O–H groups in total. The van der Waals surface area contributed by atoms with Crippen LogP contribution in [-0.4, -0.2) is 75.9 Å². The zero-order valence-electron chi connectivity index (χ0n) is 19.5. The lowest BCUT2D eigenvalue weighted by molar-refractivity contribution is 0.0359. The molecule has 35 heavy (non-hydrogen) atoms. The van der Waals surface area contributed by atoms with Crippen LogP contribution in [0.15, 0.2) is 29.9 Å². The molecule has 1 fully saturated rings. The molecule has 11 heteroatoms. The highest BCUT2D eigenvalue weighted by atomic mass is 32.1. The van der Waals surface area contributed by atoms with Gasteiger partial charge in [0.15, 0.2) is 5.69 Å². The molecule has 0 atom stereocenters. The normalized spacial score (nSPS) is 17.8. The summed E-state index contributed by atoms with van der Waals surface area (Å²) in [5, 5.41) is 12.8. The molecule has 3 aromatic rings. The van der Waals surface area contributed by atoms with Gasteiger partial charge in [-0.05, 0) is 31.4 Å². The number of carbonyl (C=O) groups excluding carboxylic acids is 2. The Kier molecular flexibility index (Phi) is 7.45. The van der Waals surface area contributed by atoms with Crippen molar-refractivity contribution in [1.82, 2.24) is 30.0 Å². The highest BCUT2D eigenvalue weighted by Crippen LogP contribution is 2.25. The van der Waals surface area contributed by atoms with Gasteiger partial charge in [0, 0.05) is 55.2 Å². The van der Waals surface area contributed by atoms with E-state index in [-0.39, 0.29) is 17.5 Å². The molecule has 0 radical (unpaired) electrons. The van der Waals surface area contributed by atoms with Crippen molar-refractivity contribution in [2.45, 2.75) is 32.2 Å². The number of hydrogen-bond donors (Lipinski definition) is 2. The van der Waals surface area contributed by atoms with E-state index in [1.807, 2.05) is 12.1 Å². The number of ether oxygens (including phenoxy) is 1. The van der Waals surface area contributed by atoms with Crippen LogP contribution in [0.3, 0.4) is 0 Å². The number of amides is 2. The van der Waals surface area contributed by atoms with Crippen LogP contribution in [0, 0.1) is 0 Å². The first-order valence-electron chi connectivity index (χ1n) is 12.0. The monoisotopic (exact) mass is 495 g/mol. The van der Waals surface area contributed by atoms with Crippen LogP contribution in [0.25, 0.3) is 10.6 Å². The number of nitrogens with one attached hydrogen (secondary N) is 2. The summed E-state index contributed by atoms with van der Waals surface area (Å²) in [4.78, 5) is 37.3. The standard InChI is InChI=1S/C24H29N7O3S/c32-22-20-16-35-24(28-20)17-5-7-25-18(14-17)4-2-1-3-6-26-23(33)21-19(27-22)15-31(29-21)9-8-30-10-12-34-13-11-30/h5,7,14-16H,1-4,6,8-13H2,(H,26,33)(H,27,32). The van der Waals surface area contributed by atoms with Gasteiger partial charge in [-0.25, -0.2) is 4.98 Å². The van der Waals surface area contributed by atoms with Crippen LogP contribution >= 0.6 is 11.3 Å². The number of carbonyl (C=O) groups is 2. The fraction of sp³-hybridized carbons (Fsp3) is 0.458. The summed E-state index contributed by atoms with van der Waals surface area (Å²) in [5.41, 5.74) is 2.87. The number of thiazole rings is 1. The van der Waals surface area contributed by atoms with Crippen molar-refractivity contribution in [3.8, 4) is 10.6 Å². The van der Waals surface area contributed by atoms with E-state index in [0.717, 1.165) is 74.8 Å². The van der Waals surface area contributed by atoms with E-state index in [2.05, 4.69) is 30.6 Å². The van der Waals surface area contributed by atoms with Gasteiger partial charge in [0.1, 0.15) is 10.7 Å². The van der Waals surface area contributed by atoms with Crippen molar-refractivity contribution < 1.29 is 14.3 Å². The molecule has 0 unspecified atom stereocenters. The number of fused-ring (bicyclic) bond motifs is 6. The Bertz CT molecular complexity index is 1190. The van der Waals surface area contributed by atoms with E-state index >= 15 is 0 Å². The van der Waals surface area contributed by atoms with Crippen molar-refractivity contribution in [2.75, 3.05) is 44.7 Å². The van der Waals surface area contributed by atoms with Crippen LogP contribution in [0.1, 0.15) is 45.9 Å². The topological polar surface area (TPSA) is 114 Å². The third kappa shape index (κ3) is 5.92. The van der Waals surface area contributed by atoms with Gasteiger partial charge in [0.2, 0.25) is 0 Å². The zero-order valence-corrected chi connectivity index (χ0v) is 20.4. The molecule has 1 saturated heterocycles. The summed E-state index contributed by atoms with van der Waals surface area (Å²) in [7, 11) is 0. The maximum Gasteiger partial charge on any atom is 0.275 e. The van der Waals surface area contributed by atoms with E-state index in [1.165, 1.54) is 11.3 Å². The van der Waals surface area contributed by atoms with Crippen LogP contribution in [-0.2, 0) is 17.7 Å². The number of rotatable bonds is 3. The van der Waals surface area contributed by atoms with Crippen LogP contribution in [0.5, 0.6) is 0 Å². The number of nitrogens with zero attached hydrogens (tertiary/aromatic N) is 5. The molecule has 3 aromatic heterocycles. The smallest absolute Gasteiger partial charge is 0.275 e. The summed E-state index contributed by atoms with van der Waals surface area (Å²) in [5.74, 6) is -0.657. The quantitative estimate of drug-likeness (QED) is 0.574. The molecule has 2 aliphatic rings. The van der Waals surface area contributed by atoms with E-state index in [1.54, 1.807) is 22.5 Å². The van der Waals surface area contributed by atoms with Crippen molar-refractivity contribution >= 4 is 28.8 Å². The second-order valence-electron chi connectivity index (χ2n) is 8.70. The predicted molar refractivity (Wildman–Crippen MR) is 133 cm³/mol. The van der Waals surface area contributed by atoms with Gasteiger partial charge in [-0.1, -0.05) is 6.42 Å². The number of anilines is 1. The first-order chi connectivity index (χ1) is 17.2. The Hall–Kier alpha value is -3.15. The van der Waals surface area contributed by atoms with Gasteiger partial charge in [0.25, 0.3) is 11.8 Å². The van der Waals surface area contributed by atoms with Gasteiger partial charge < -0.3 is 15.4 Å². The average Bonchev–Trinajstić information content (AvgIpc) is 3.53. The minimum atomic E-state index is -0.368. The number of aryl methyl sites for hydroxylation is 1. The third-order valence-electron chi connectivity index (χ3n) is 6.17. The van der Waals surface area contributed by atoms with Crippen LogP contribution in [0.4, 0.5) is 5.69 Å². The summed E-state index contributed by atoms with van der Waals surface area (Å²) in [6, 6.07) is 3.95. The molecule has 4 bridgehead atoms. The average molecular weight is 496 g/mol. The Morgan fingerprint density at radius 2 is 1.97 bits per heavy atom. The first-order valence-corrected chi connectivity index (χ1v) is 12.9. The summed E-state index contributed by atoms with van der Waals surface area (Å²) >= 11 is 1.41. The fourth-order valence-corrected chi connectivity index (χ4v) is 5.00. The molecular formula is C24H29N7O3S. The van der Waals surface area contributed by atoms with Gasteiger partial charge >= 0.3 is 0 Å². The Balaban J connectivity index is 1.38. The fourth-order valence-electron chi connectivity index (χ4n) is 4.20. The lowest BCUT2D eigenvalue weighted by atomic mass is 10.1. The summed E-state index contributed by atoms with van der Waals surface area (Å²) in [6.07, 6.45) is 7.20. The molecule has 5 heterocycles. The van der Waals surface area contributed by atoms with Gasteiger partial charge in [-0.15, -0.1) is 11.3 Å². The molecule has 10 nitrogen and oxygen atoms in total. The highest BCUT2D eigenvalue weighted by Gasteiger charge is 2.21. The van der Waals surface area contributed by atoms with Crippen molar-refractivity contribution in [2.24, 2.45) is 0 Å². The van der Waals surface area contributed by atoms with Gasteiger partial charge in [-0.2, -0.15) is 5.10 Å². The van der Waals surface area contributed by atoms with Crippen molar-refractivity contribution in [3.63, 3.8) is 0 Å². The third-order valence-corrected chi connectivity index (χ3v) is 7.06. The van der Waals surface area contributed by atoms with Gasteiger partial charge in [0.05, 0.1) is 25.4 Å². The second-order valence-corrected chi connectivity index (χ2v) is 9.56. The predicted octanol–water partition coefficient (Wildman–Crippen LogP) is 2.44. The van der Waals surface area contributed by atoms with Crippen molar-refractivity contribution in [3.05, 3.63) is 47.0 Å². The lowest BCUT2D eigenvalue weighted by Crippen LogP contribution is -2.38. The molecule has 0 spiro atoms. The maximum atomic E-state index is 13.0. The first kappa shape index (κ1) is 23.6. The number of pyridine rings is 1. The van der Waals surface area contributed by atoms with E-state index in [0.29, 0.717) is 24.5 Å². The zero-order chi connectivity index (χ0) is 24.0. The van der Waals surface area contributed by atoms with Gasteiger partial charge in [-0.3, -0.25) is 24.2 Å². The molecule has 0 saturated carbocycles. The Morgan fingerprint density at radius 3 is 2.86 bits per heavy atom. The summed E-state index contributed by atoms with van der Waals surface area (Å²) < 4.78 is 7.13. The van der Waals surface area contributed by atoms with E-state index in [9.17, 15) is 9.59 Å². The molecular weight excluding hydrogens is 466 g/mol. The van der Waals surface area contributed by atoms with E-state index in [4.69, 9.17) is 4.74 Å². The van der Waals surface area contributed by atoms with E-state index < -0.39 is 0 Å². The number of aromatic nitrogens is 4. The second kappa shape index (κ2) is 11.1. The van der Waals surface area contributed by atoms with Crippen molar-refractivity contribution in [1.29, 1.82) is 0 Å². The molecule has 0 aromatic carbocycles. The van der Waals surface area contributed by atoms with Crippen LogP contribution in [0.2, 0.25) is 0 Å². The lowest BCUT2D eigenvalue weighted by Gasteiger charge is -2.26. The number of morpholine rings is 1. The highest BCUT2D eigenvalue weighted by molar-refractivity contribution is 7.13. The Labute approximate surface area is 207 Å². The molecule has 2 aliphatic heterocycles.